The van der Waals surface area contributed by atoms with Crippen molar-refractivity contribution in [2.24, 2.45) is 5.41 Å². The smallest absolute Gasteiger partial charge is 0.407 e. The van der Waals surface area contributed by atoms with Gasteiger partial charge >= 0.3 is 12.1 Å². The van der Waals surface area contributed by atoms with Gasteiger partial charge in [-0.2, -0.15) is 11.8 Å². The van der Waals surface area contributed by atoms with E-state index in [1.54, 1.807) is 32.5 Å². The van der Waals surface area contributed by atoms with Gasteiger partial charge in [-0.3, -0.25) is 4.79 Å². The molecule has 0 spiro atoms. The van der Waals surface area contributed by atoms with Crippen LogP contribution >= 0.6 is 11.8 Å². The van der Waals surface area contributed by atoms with Crippen LogP contribution in [0.5, 0.6) is 0 Å². The molecule has 1 amide bonds. The topological polar surface area (TPSA) is 75.6 Å². The Kier molecular flexibility index (Phi) is 7.26. The maximum atomic E-state index is 11.6. The van der Waals surface area contributed by atoms with Crippen molar-refractivity contribution in [2.75, 3.05) is 18.6 Å². The van der Waals surface area contributed by atoms with Crippen molar-refractivity contribution >= 4 is 23.8 Å². The molecule has 0 aromatic heterocycles. The third-order valence-corrected chi connectivity index (χ3v) is 3.50. The number of aliphatic carboxylic acids is 1. The molecule has 112 valence electrons. The van der Waals surface area contributed by atoms with Crippen LogP contribution in [0.2, 0.25) is 0 Å². The van der Waals surface area contributed by atoms with Crippen LogP contribution in [0.3, 0.4) is 0 Å². The van der Waals surface area contributed by atoms with Gasteiger partial charge in [-0.05, 0) is 45.6 Å². The molecule has 0 saturated heterocycles. The summed E-state index contributed by atoms with van der Waals surface area (Å²) in [4.78, 5) is 23.0. The highest BCUT2D eigenvalue weighted by molar-refractivity contribution is 7.98. The van der Waals surface area contributed by atoms with E-state index in [0.717, 1.165) is 5.75 Å². The van der Waals surface area contributed by atoms with E-state index in [2.05, 4.69) is 5.32 Å². The molecule has 0 aliphatic rings. The van der Waals surface area contributed by atoms with Crippen molar-refractivity contribution < 1.29 is 19.4 Å². The number of amides is 1. The van der Waals surface area contributed by atoms with E-state index >= 15 is 0 Å². The van der Waals surface area contributed by atoms with Gasteiger partial charge in [0.05, 0.1) is 5.41 Å². The van der Waals surface area contributed by atoms with Crippen LogP contribution in [-0.2, 0) is 9.53 Å². The van der Waals surface area contributed by atoms with Gasteiger partial charge in [0.15, 0.2) is 0 Å². The molecule has 0 aliphatic carbocycles. The number of rotatable bonds is 7. The molecule has 0 heterocycles. The van der Waals surface area contributed by atoms with Crippen molar-refractivity contribution in [3.8, 4) is 0 Å². The number of carbonyl (C=O) groups excluding carboxylic acids is 1. The first kappa shape index (κ1) is 18.1. The van der Waals surface area contributed by atoms with Gasteiger partial charge in [-0.15, -0.1) is 0 Å². The number of nitrogens with one attached hydrogen (secondary N) is 1. The van der Waals surface area contributed by atoms with Crippen LogP contribution in [0.15, 0.2) is 0 Å². The van der Waals surface area contributed by atoms with E-state index in [-0.39, 0.29) is 6.54 Å². The summed E-state index contributed by atoms with van der Waals surface area (Å²) in [6, 6.07) is 0. The SMILES string of the molecule is CCC(CCSC)(CNC(=O)OC(C)(C)C)C(=O)O. The van der Waals surface area contributed by atoms with Gasteiger partial charge in [-0.1, -0.05) is 6.92 Å². The van der Waals surface area contributed by atoms with Crippen LogP contribution < -0.4 is 5.32 Å². The summed E-state index contributed by atoms with van der Waals surface area (Å²) in [5, 5.41) is 12.0. The monoisotopic (exact) mass is 291 g/mol. The Morgan fingerprint density at radius 1 is 1.32 bits per heavy atom. The summed E-state index contributed by atoms with van der Waals surface area (Å²) in [6.45, 7) is 7.22. The molecular weight excluding hydrogens is 266 g/mol. The molecule has 6 heteroatoms. The Bertz CT molecular complexity index is 314. The quantitative estimate of drug-likeness (QED) is 0.754. The predicted molar refractivity (Wildman–Crippen MR) is 77.6 cm³/mol. The largest absolute Gasteiger partial charge is 0.481 e. The number of alkyl carbamates (subject to hydrolysis) is 1. The Morgan fingerprint density at radius 2 is 1.89 bits per heavy atom. The number of thioether (sulfide) groups is 1. The molecule has 1 unspecified atom stereocenters. The Morgan fingerprint density at radius 3 is 2.26 bits per heavy atom. The standard InChI is InChI=1S/C13H25NO4S/c1-6-13(10(15)16,7-8-19-5)9-14-11(17)18-12(2,3)4/h6-9H2,1-5H3,(H,14,17)(H,15,16). The lowest BCUT2D eigenvalue weighted by atomic mass is 9.82. The van der Waals surface area contributed by atoms with Gasteiger partial charge in [0.25, 0.3) is 0 Å². The third-order valence-electron chi connectivity index (χ3n) is 2.89. The van der Waals surface area contributed by atoms with Gasteiger partial charge in [0.2, 0.25) is 0 Å². The normalized spacial score (nSPS) is 14.6. The average molecular weight is 291 g/mol. The van der Waals surface area contributed by atoms with Gasteiger partial charge < -0.3 is 15.2 Å². The van der Waals surface area contributed by atoms with E-state index in [4.69, 9.17) is 4.74 Å². The number of hydrogen-bond acceptors (Lipinski definition) is 4. The van der Waals surface area contributed by atoms with E-state index in [9.17, 15) is 14.7 Å². The molecule has 0 fully saturated rings. The minimum Gasteiger partial charge on any atom is -0.481 e. The molecule has 5 nitrogen and oxygen atoms in total. The highest BCUT2D eigenvalue weighted by Crippen LogP contribution is 2.28. The summed E-state index contributed by atoms with van der Waals surface area (Å²) in [6.07, 6.45) is 2.36. The van der Waals surface area contributed by atoms with Crippen molar-refractivity contribution in [2.45, 2.75) is 46.1 Å². The summed E-state index contributed by atoms with van der Waals surface area (Å²) < 4.78 is 5.11. The molecule has 0 bridgehead atoms. The Labute approximate surface area is 119 Å². The minimum atomic E-state index is -0.917. The second-order valence-electron chi connectivity index (χ2n) is 5.54. The van der Waals surface area contributed by atoms with Crippen molar-refractivity contribution in [3.63, 3.8) is 0 Å². The maximum Gasteiger partial charge on any atom is 0.407 e. The molecule has 0 rings (SSSR count). The minimum absolute atomic E-state index is 0.0916. The molecular formula is C13H25NO4S. The Balaban J connectivity index is 4.57. The fourth-order valence-electron chi connectivity index (χ4n) is 1.58. The third kappa shape index (κ3) is 6.71. The molecule has 0 aliphatic heterocycles. The number of carboxylic acid groups (broad SMARTS) is 1. The van der Waals surface area contributed by atoms with Crippen molar-refractivity contribution in [3.05, 3.63) is 0 Å². The summed E-state index contributed by atoms with van der Waals surface area (Å²) in [7, 11) is 0. The van der Waals surface area contributed by atoms with Crippen molar-refractivity contribution in [1.82, 2.24) is 5.32 Å². The van der Waals surface area contributed by atoms with Gasteiger partial charge in [-0.25, -0.2) is 4.79 Å². The van der Waals surface area contributed by atoms with E-state index in [0.29, 0.717) is 12.8 Å². The van der Waals surface area contributed by atoms with E-state index in [1.807, 2.05) is 13.2 Å². The number of carboxylic acids is 1. The van der Waals surface area contributed by atoms with Crippen LogP contribution in [0.1, 0.15) is 40.5 Å². The molecule has 0 aromatic rings. The van der Waals surface area contributed by atoms with E-state index < -0.39 is 23.1 Å². The lowest BCUT2D eigenvalue weighted by molar-refractivity contribution is -0.149. The van der Waals surface area contributed by atoms with Crippen LogP contribution in [0, 0.1) is 5.41 Å². The fraction of sp³-hybridized carbons (Fsp3) is 0.846. The maximum absolute atomic E-state index is 11.6. The zero-order valence-corrected chi connectivity index (χ0v) is 13.2. The Hall–Kier alpha value is -0.910. The number of carbonyl (C=O) groups is 2. The molecule has 19 heavy (non-hydrogen) atoms. The van der Waals surface area contributed by atoms with Crippen LogP contribution in [0.4, 0.5) is 4.79 Å². The van der Waals surface area contributed by atoms with E-state index in [1.165, 1.54) is 0 Å². The number of ether oxygens (including phenoxy) is 1. The predicted octanol–water partition coefficient (Wildman–Crippen LogP) is 2.75. The first-order chi connectivity index (χ1) is 8.67. The lowest BCUT2D eigenvalue weighted by Gasteiger charge is -2.29. The first-order valence-corrected chi connectivity index (χ1v) is 7.75. The number of hydrogen-bond donors (Lipinski definition) is 2. The summed E-state index contributed by atoms with van der Waals surface area (Å²) >= 11 is 1.60. The highest BCUT2D eigenvalue weighted by Gasteiger charge is 2.37. The van der Waals surface area contributed by atoms with Gasteiger partial charge in [0, 0.05) is 6.54 Å². The average Bonchev–Trinajstić information content (AvgIpc) is 2.27. The highest BCUT2D eigenvalue weighted by atomic mass is 32.2. The molecule has 2 N–H and O–H groups in total. The summed E-state index contributed by atoms with van der Waals surface area (Å²) in [5.74, 6) is -0.129. The molecule has 1 atom stereocenters. The molecule has 0 saturated carbocycles. The fourth-order valence-corrected chi connectivity index (χ4v) is 2.17. The van der Waals surface area contributed by atoms with Gasteiger partial charge in [0.1, 0.15) is 5.60 Å². The van der Waals surface area contributed by atoms with Crippen molar-refractivity contribution in [1.29, 1.82) is 0 Å². The zero-order chi connectivity index (χ0) is 15.1. The van der Waals surface area contributed by atoms with Crippen LogP contribution in [-0.4, -0.2) is 41.3 Å². The van der Waals surface area contributed by atoms with Crippen LogP contribution in [0.25, 0.3) is 0 Å². The second kappa shape index (κ2) is 7.62. The second-order valence-corrected chi connectivity index (χ2v) is 6.52. The lowest BCUT2D eigenvalue weighted by Crippen LogP contribution is -2.44. The molecule has 0 aromatic carbocycles. The first-order valence-electron chi connectivity index (χ1n) is 6.36. The zero-order valence-electron chi connectivity index (χ0n) is 12.4. The summed E-state index contributed by atoms with van der Waals surface area (Å²) in [5.41, 5.74) is -1.50. The molecule has 0 radical (unpaired) electrons.